The third kappa shape index (κ3) is 6.12. The number of guanidine groups is 1. The quantitative estimate of drug-likeness (QED) is 0.214. The van der Waals surface area contributed by atoms with Crippen molar-refractivity contribution in [3.8, 4) is 5.75 Å². The van der Waals surface area contributed by atoms with E-state index in [2.05, 4.69) is 33.0 Å². The van der Waals surface area contributed by atoms with Gasteiger partial charge in [-0.1, -0.05) is 18.2 Å². The highest BCUT2D eigenvalue weighted by molar-refractivity contribution is 14.0. The summed E-state index contributed by atoms with van der Waals surface area (Å²) in [7, 11) is 1.97. The lowest BCUT2D eigenvalue weighted by molar-refractivity contribution is 0.128. The molecule has 2 aromatic rings. The summed E-state index contributed by atoms with van der Waals surface area (Å²) in [5, 5.41) is 15.7. The van der Waals surface area contributed by atoms with E-state index in [-0.39, 0.29) is 30.0 Å². The van der Waals surface area contributed by atoms with E-state index in [1.165, 1.54) is 18.4 Å². The number of rotatable bonds is 9. The van der Waals surface area contributed by atoms with Gasteiger partial charge in [-0.2, -0.15) is 0 Å². The molecule has 32 heavy (non-hydrogen) atoms. The maximum atomic E-state index is 5.83. The Labute approximate surface area is 207 Å². The molecule has 0 spiro atoms. The minimum Gasteiger partial charge on any atom is -0.493 e. The van der Waals surface area contributed by atoms with Crippen LogP contribution in [-0.4, -0.2) is 47.1 Å². The number of ether oxygens (including phenoxy) is 2. The zero-order chi connectivity index (χ0) is 21.7. The molecule has 1 unspecified atom stereocenters. The van der Waals surface area contributed by atoms with Crippen molar-refractivity contribution in [2.45, 2.75) is 52.1 Å². The number of nitrogens with one attached hydrogen (secondary N) is 2. The minimum atomic E-state index is 0. The predicted molar refractivity (Wildman–Crippen MR) is 136 cm³/mol. The van der Waals surface area contributed by atoms with Crippen LogP contribution in [0.5, 0.6) is 5.75 Å². The number of nitrogens with zero attached hydrogens (tertiary/aromatic N) is 4. The van der Waals surface area contributed by atoms with Gasteiger partial charge in [-0.15, -0.1) is 34.2 Å². The maximum absolute atomic E-state index is 5.83. The molecule has 0 saturated heterocycles. The normalized spacial score (nSPS) is 18.8. The molecule has 1 aromatic heterocycles. The number of aliphatic imine (C=N–C) groups is 1. The molecule has 2 N–H and O–H groups in total. The van der Waals surface area contributed by atoms with Gasteiger partial charge in [0, 0.05) is 38.8 Å². The number of aromatic nitrogens is 3. The topological polar surface area (TPSA) is 85.6 Å². The van der Waals surface area contributed by atoms with Crippen LogP contribution < -0.4 is 15.4 Å². The van der Waals surface area contributed by atoms with Gasteiger partial charge in [0.25, 0.3) is 0 Å². The Balaban J connectivity index is 0.00000289. The summed E-state index contributed by atoms with van der Waals surface area (Å²) in [5.41, 5.74) is 1.50. The second-order valence-electron chi connectivity index (χ2n) is 8.56. The summed E-state index contributed by atoms with van der Waals surface area (Å²) in [5.74, 6) is 3.50. The van der Waals surface area contributed by atoms with Crippen LogP contribution in [0.25, 0.3) is 0 Å². The van der Waals surface area contributed by atoms with E-state index in [4.69, 9.17) is 14.5 Å². The highest BCUT2D eigenvalue weighted by Gasteiger charge is 2.42. The highest BCUT2D eigenvalue weighted by Crippen LogP contribution is 2.48. The Kier molecular flexibility index (Phi) is 8.75. The molecule has 1 fully saturated rings. The molecule has 2 aliphatic rings. The molecule has 2 heterocycles. The summed E-state index contributed by atoms with van der Waals surface area (Å²) in [6, 6.07) is 8.39. The molecule has 1 aliphatic heterocycles. The molecule has 8 nitrogen and oxygen atoms in total. The lowest BCUT2D eigenvalue weighted by Crippen LogP contribution is -2.43. The third-order valence-corrected chi connectivity index (χ3v) is 6.40. The molecule has 9 heteroatoms. The van der Waals surface area contributed by atoms with E-state index in [1.807, 2.05) is 37.6 Å². The zero-order valence-corrected chi connectivity index (χ0v) is 21.6. The Hall–Kier alpha value is -1.88. The van der Waals surface area contributed by atoms with E-state index < -0.39 is 0 Å². The fourth-order valence-corrected chi connectivity index (χ4v) is 3.94. The van der Waals surface area contributed by atoms with Gasteiger partial charge in [-0.3, -0.25) is 0 Å². The second kappa shape index (κ2) is 11.3. The van der Waals surface area contributed by atoms with Gasteiger partial charge >= 0.3 is 0 Å². The lowest BCUT2D eigenvalue weighted by atomic mass is 10.0. The average molecular weight is 554 g/mol. The fourth-order valence-electron chi connectivity index (χ4n) is 3.94. The Bertz CT molecular complexity index is 912. The first-order valence-electron chi connectivity index (χ1n) is 11.3. The van der Waals surface area contributed by atoms with E-state index in [0.29, 0.717) is 18.6 Å². The number of benzene rings is 1. The van der Waals surface area contributed by atoms with Crippen molar-refractivity contribution in [1.29, 1.82) is 0 Å². The third-order valence-electron chi connectivity index (χ3n) is 6.40. The summed E-state index contributed by atoms with van der Waals surface area (Å²) >= 11 is 0. The van der Waals surface area contributed by atoms with Gasteiger partial charge in [0.2, 0.25) is 0 Å². The van der Waals surface area contributed by atoms with Gasteiger partial charge in [-0.25, -0.2) is 4.99 Å². The Morgan fingerprint density at radius 3 is 2.84 bits per heavy atom. The van der Waals surface area contributed by atoms with E-state index in [0.717, 1.165) is 56.0 Å². The second-order valence-corrected chi connectivity index (χ2v) is 8.56. The first kappa shape index (κ1) is 24.8. The van der Waals surface area contributed by atoms with Gasteiger partial charge in [0.05, 0.1) is 12.6 Å². The smallest absolute Gasteiger partial charge is 0.192 e. The molecular weight excluding hydrogens is 519 g/mol. The van der Waals surface area contributed by atoms with Crippen molar-refractivity contribution < 1.29 is 9.47 Å². The molecule has 1 saturated carbocycles. The molecule has 1 aromatic carbocycles. The van der Waals surface area contributed by atoms with Crippen molar-refractivity contribution in [1.82, 2.24) is 25.4 Å². The van der Waals surface area contributed by atoms with Crippen LogP contribution in [0.2, 0.25) is 0 Å². The van der Waals surface area contributed by atoms with Crippen molar-refractivity contribution >= 4 is 29.9 Å². The van der Waals surface area contributed by atoms with E-state index >= 15 is 0 Å². The van der Waals surface area contributed by atoms with Gasteiger partial charge in [0.15, 0.2) is 11.8 Å². The molecular formula is C23H35IN6O2. The largest absolute Gasteiger partial charge is 0.493 e. The minimum absolute atomic E-state index is 0. The molecule has 176 valence electrons. The SMILES string of the molecule is CCOCCC1(CNC(=NCc2nnc(C)n2C)NC2CCOc3ccccc32)CC1.I. The summed E-state index contributed by atoms with van der Waals surface area (Å²) < 4.78 is 13.4. The standard InChI is InChI=1S/C23H34N6O2.HI/c1-4-30-14-12-23(10-11-23)16-25-22(24-15-21-28-27-17(2)29(21)3)26-19-9-13-31-20-8-6-5-7-18(19)20;/h5-8,19H,4,9-16H2,1-3H3,(H2,24,25,26);1H. The lowest BCUT2D eigenvalue weighted by Gasteiger charge is -2.28. The molecule has 1 atom stereocenters. The monoisotopic (exact) mass is 554 g/mol. The fraction of sp³-hybridized carbons (Fsp3) is 0.609. The Morgan fingerprint density at radius 1 is 1.31 bits per heavy atom. The molecule has 0 radical (unpaired) electrons. The van der Waals surface area contributed by atoms with Crippen LogP contribution in [0, 0.1) is 12.3 Å². The molecule has 0 amide bonds. The van der Waals surface area contributed by atoms with Crippen LogP contribution in [0.4, 0.5) is 0 Å². The molecule has 4 rings (SSSR count). The number of aryl methyl sites for hydroxylation is 1. The number of fused-ring (bicyclic) bond motifs is 1. The van der Waals surface area contributed by atoms with Crippen LogP contribution in [0.15, 0.2) is 29.3 Å². The first-order valence-corrected chi connectivity index (χ1v) is 11.3. The van der Waals surface area contributed by atoms with Gasteiger partial charge in [-0.05, 0) is 44.6 Å². The van der Waals surface area contributed by atoms with Crippen molar-refractivity contribution in [3.05, 3.63) is 41.5 Å². The van der Waals surface area contributed by atoms with Crippen LogP contribution in [0.3, 0.4) is 0 Å². The zero-order valence-electron chi connectivity index (χ0n) is 19.3. The maximum Gasteiger partial charge on any atom is 0.192 e. The van der Waals surface area contributed by atoms with Crippen molar-refractivity contribution in [3.63, 3.8) is 0 Å². The highest BCUT2D eigenvalue weighted by atomic mass is 127. The summed E-state index contributed by atoms with van der Waals surface area (Å²) in [6.07, 6.45) is 4.46. The van der Waals surface area contributed by atoms with E-state index in [9.17, 15) is 0 Å². The van der Waals surface area contributed by atoms with Crippen molar-refractivity contribution in [2.24, 2.45) is 17.5 Å². The van der Waals surface area contributed by atoms with Crippen LogP contribution in [0.1, 0.15) is 55.9 Å². The molecule has 1 aliphatic carbocycles. The van der Waals surface area contributed by atoms with Crippen LogP contribution in [-0.2, 0) is 18.3 Å². The number of para-hydroxylation sites is 1. The summed E-state index contributed by atoms with van der Waals surface area (Å²) in [4.78, 5) is 4.86. The molecule has 0 bridgehead atoms. The summed E-state index contributed by atoms with van der Waals surface area (Å²) in [6.45, 7) is 7.67. The van der Waals surface area contributed by atoms with Gasteiger partial charge in [0.1, 0.15) is 18.1 Å². The first-order chi connectivity index (χ1) is 15.1. The predicted octanol–water partition coefficient (Wildman–Crippen LogP) is 3.51. The van der Waals surface area contributed by atoms with Crippen LogP contribution >= 0.6 is 24.0 Å². The van der Waals surface area contributed by atoms with Gasteiger partial charge < -0.3 is 24.7 Å². The van der Waals surface area contributed by atoms with Crippen molar-refractivity contribution in [2.75, 3.05) is 26.4 Å². The number of halogens is 1. The number of hydrogen-bond acceptors (Lipinski definition) is 5. The average Bonchev–Trinajstić information content (AvgIpc) is 3.49. The van der Waals surface area contributed by atoms with E-state index in [1.54, 1.807) is 0 Å². The Morgan fingerprint density at radius 2 is 2.12 bits per heavy atom. The number of hydrogen-bond donors (Lipinski definition) is 2.